The van der Waals surface area contributed by atoms with Crippen LogP contribution in [0.5, 0.6) is 0 Å². The number of hydrogen-bond acceptors (Lipinski definition) is 8. The minimum atomic E-state index is -0.549. The Morgan fingerprint density at radius 1 is 0.927 bits per heavy atom. The third-order valence-corrected chi connectivity index (χ3v) is 11.5. The Kier molecular flexibility index (Phi) is 11.1. The van der Waals surface area contributed by atoms with Gasteiger partial charge in [-0.1, -0.05) is 39.1 Å². The number of imidazole rings is 1. The highest BCUT2D eigenvalue weighted by molar-refractivity contribution is 6.23. The van der Waals surface area contributed by atoms with Crippen molar-refractivity contribution >= 4 is 45.3 Å². The van der Waals surface area contributed by atoms with E-state index in [0.29, 0.717) is 18.2 Å². The van der Waals surface area contributed by atoms with E-state index in [-0.39, 0.29) is 5.92 Å². The van der Waals surface area contributed by atoms with Crippen LogP contribution in [0.3, 0.4) is 0 Å². The fourth-order valence-corrected chi connectivity index (χ4v) is 8.35. The lowest BCUT2D eigenvalue weighted by Crippen LogP contribution is -2.45. The number of piperazine rings is 1. The lowest BCUT2D eigenvalue weighted by atomic mass is 9.97. The van der Waals surface area contributed by atoms with Gasteiger partial charge < -0.3 is 30.3 Å². The number of aryl methyl sites for hydroxylation is 1. The summed E-state index contributed by atoms with van der Waals surface area (Å²) in [5.74, 6) is 0.303. The zero-order valence-corrected chi connectivity index (χ0v) is 32.4. The molecule has 4 aromatic rings. The average Bonchev–Trinajstić information content (AvgIpc) is 3.80. The van der Waals surface area contributed by atoms with E-state index in [2.05, 4.69) is 74.4 Å². The summed E-state index contributed by atoms with van der Waals surface area (Å²) in [6.45, 7) is 23.4. The number of nitrogens with zero attached hydrogens (tertiary/aromatic N) is 7. The van der Waals surface area contributed by atoms with Gasteiger partial charge in [0.2, 0.25) is 5.95 Å². The van der Waals surface area contributed by atoms with E-state index in [1.54, 1.807) is 6.20 Å². The minimum absolute atomic E-state index is 0.241. The number of allylic oxidation sites excluding steroid dienone is 1. The summed E-state index contributed by atoms with van der Waals surface area (Å²) in [5.41, 5.74) is 17.0. The van der Waals surface area contributed by atoms with Gasteiger partial charge >= 0.3 is 0 Å². The van der Waals surface area contributed by atoms with Gasteiger partial charge in [0.25, 0.3) is 0 Å². The van der Waals surface area contributed by atoms with Crippen LogP contribution in [0, 0.1) is 30.4 Å². The summed E-state index contributed by atoms with van der Waals surface area (Å²) in [5, 5.41) is 3.57. The maximum absolute atomic E-state index is 13.9. The number of hydrogen-bond donors (Lipinski definition) is 2. The van der Waals surface area contributed by atoms with Crippen LogP contribution in [0.25, 0.3) is 28.0 Å². The van der Waals surface area contributed by atoms with E-state index in [9.17, 15) is 8.78 Å². The molecule has 5 heterocycles. The van der Waals surface area contributed by atoms with Crippen LogP contribution in [0.1, 0.15) is 61.5 Å². The van der Waals surface area contributed by atoms with Gasteiger partial charge in [-0.2, -0.15) is 0 Å². The Bertz CT molecular complexity index is 2150. The number of nitrogens with two attached hydrogens (primary N) is 1. The van der Waals surface area contributed by atoms with Gasteiger partial charge in [-0.15, -0.1) is 0 Å². The van der Waals surface area contributed by atoms with Crippen molar-refractivity contribution in [1.82, 2.24) is 24.3 Å². The van der Waals surface area contributed by atoms with Crippen molar-refractivity contribution in [3.8, 4) is 0 Å². The van der Waals surface area contributed by atoms with E-state index in [0.717, 1.165) is 145 Å². The molecular weight excluding hydrogens is 693 g/mol. The first kappa shape index (κ1) is 37.8. The summed E-state index contributed by atoms with van der Waals surface area (Å²) in [4.78, 5) is 21.3. The van der Waals surface area contributed by atoms with Crippen LogP contribution >= 0.6 is 0 Å². The number of halogens is 2. The molecule has 0 aliphatic carbocycles. The van der Waals surface area contributed by atoms with E-state index in [1.807, 2.05) is 26.1 Å². The average molecular weight is 746 g/mol. The molecule has 0 radical (unpaired) electrons. The number of anilines is 2. The highest BCUT2D eigenvalue weighted by Gasteiger charge is 2.30. The highest BCUT2D eigenvalue weighted by atomic mass is 19.1. The third-order valence-electron chi connectivity index (χ3n) is 11.5. The topological polar surface area (TPSA) is 90.8 Å². The Balaban J connectivity index is 1.07. The van der Waals surface area contributed by atoms with Crippen molar-refractivity contribution in [2.24, 2.45) is 22.6 Å². The molecule has 2 saturated heterocycles. The predicted molar refractivity (Wildman–Crippen MR) is 223 cm³/mol. The Hall–Kier alpha value is -5.45. The van der Waals surface area contributed by atoms with Gasteiger partial charge in [0.05, 0.1) is 16.7 Å². The summed E-state index contributed by atoms with van der Waals surface area (Å²) in [6, 6.07) is 14.2. The molecule has 3 aliphatic rings. The first-order valence-corrected chi connectivity index (χ1v) is 19.4. The van der Waals surface area contributed by atoms with E-state index in [1.165, 1.54) is 12.1 Å². The molecule has 3 aliphatic heterocycles. The monoisotopic (exact) mass is 745 g/mol. The molecule has 2 atom stereocenters. The van der Waals surface area contributed by atoms with Crippen molar-refractivity contribution in [2.45, 2.75) is 52.5 Å². The minimum Gasteiger partial charge on any atom is -0.404 e. The largest absolute Gasteiger partial charge is 0.404 e. The van der Waals surface area contributed by atoms with E-state index < -0.39 is 11.6 Å². The van der Waals surface area contributed by atoms with Crippen LogP contribution in [-0.2, 0) is 6.54 Å². The molecule has 1 unspecified atom stereocenters. The molecule has 9 nitrogen and oxygen atoms in total. The SMILES string of the molecule is C=C1Nc2nc3ccc(C(=C)N4CCN(C(=C)C5CCN(c6cc(F)cc(F)c6)C5)CC4)cc3n2C[C@H](C)CCCCC(=NC)C(=CN)c2cc1cc(C)n2. The van der Waals surface area contributed by atoms with Crippen LogP contribution in [0.2, 0.25) is 0 Å². The first-order valence-electron chi connectivity index (χ1n) is 19.4. The van der Waals surface area contributed by atoms with Gasteiger partial charge in [0.15, 0.2) is 0 Å². The van der Waals surface area contributed by atoms with Crippen molar-refractivity contribution in [3.05, 3.63) is 114 Å². The standard InChI is InChI=1S/C44H53F2N9/c1-28-9-7-8-10-40(48-6)39(25-47)42-20-35(19-29(2)49-42)30(3)50-44-51-41-12-11-33(21-43(41)55(44)26-28)31(4)52-15-17-53(18-16-52)32(5)34-13-14-54(27-34)38-23-36(45)22-37(46)24-38/h11-12,19-25,28,34H,3-5,7-10,13-18,26-27,47H2,1-2,6H3,(H,50,51)/t28-,34?/m1/s1. The van der Waals surface area contributed by atoms with Gasteiger partial charge in [0, 0.05) is 116 Å². The molecule has 2 aromatic carbocycles. The molecule has 3 N–H and O–H groups in total. The molecule has 0 saturated carbocycles. The van der Waals surface area contributed by atoms with Crippen LogP contribution in [0.15, 0.2) is 85.2 Å². The Labute approximate surface area is 323 Å². The van der Waals surface area contributed by atoms with Crippen LogP contribution in [-0.4, -0.2) is 76.4 Å². The molecule has 0 amide bonds. The number of fused-ring (bicyclic) bond motifs is 5. The number of pyridine rings is 1. The Morgan fingerprint density at radius 2 is 1.67 bits per heavy atom. The molecule has 2 aromatic heterocycles. The molecule has 2 fully saturated rings. The summed E-state index contributed by atoms with van der Waals surface area (Å²) >= 11 is 0. The predicted octanol–water partition coefficient (Wildman–Crippen LogP) is 8.31. The second kappa shape index (κ2) is 16.1. The molecule has 7 rings (SSSR count). The first-order chi connectivity index (χ1) is 26.5. The molecule has 288 valence electrons. The van der Waals surface area contributed by atoms with Crippen LogP contribution < -0.4 is 16.0 Å². The number of aromatic nitrogens is 3. The molecule has 11 heteroatoms. The van der Waals surface area contributed by atoms with Crippen molar-refractivity contribution in [2.75, 3.05) is 56.5 Å². The van der Waals surface area contributed by atoms with Crippen molar-refractivity contribution < 1.29 is 8.78 Å². The fourth-order valence-electron chi connectivity index (χ4n) is 8.35. The van der Waals surface area contributed by atoms with Gasteiger partial charge in [-0.3, -0.25) is 9.98 Å². The quantitative estimate of drug-likeness (QED) is 0.213. The zero-order valence-electron chi connectivity index (χ0n) is 32.4. The number of benzene rings is 2. The Morgan fingerprint density at radius 3 is 2.40 bits per heavy atom. The normalized spacial score (nSPS) is 21.4. The van der Waals surface area contributed by atoms with Crippen molar-refractivity contribution in [3.63, 3.8) is 0 Å². The highest BCUT2D eigenvalue weighted by Crippen LogP contribution is 2.33. The smallest absolute Gasteiger partial charge is 0.208 e. The number of rotatable bonds is 5. The van der Waals surface area contributed by atoms with Crippen molar-refractivity contribution in [1.29, 1.82) is 0 Å². The second-order valence-electron chi connectivity index (χ2n) is 15.3. The lowest BCUT2D eigenvalue weighted by molar-refractivity contribution is 0.199. The van der Waals surface area contributed by atoms with Crippen LogP contribution in [0.4, 0.5) is 20.4 Å². The number of aliphatic imine (C=N–C) groups is 1. The maximum atomic E-state index is 13.9. The fraction of sp³-hybridized carbons (Fsp3) is 0.386. The second-order valence-corrected chi connectivity index (χ2v) is 15.3. The third kappa shape index (κ3) is 8.16. The number of nitrogens with one attached hydrogen (secondary N) is 1. The van der Waals surface area contributed by atoms with Gasteiger partial charge in [0.1, 0.15) is 11.6 Å². The molecule has 55 heavy (non-hydrogen) atoms. The van der Waals surface area contributed by atoms with Gasteiger partial charge in [-0.05, 0) is 80.5 Å². The molecule has 0 spiro atoms. The van der Waals surface area contributed by atoms with E-state index >= 15 is 0 Å². The summed E-state index contributed by atoms with van der Waals surface area (Å²) in [7, 11) is 1.82. The van der Waals surface area contributed by atoms with Gasteiger partial charge in [-0.25, -0.2) is 13.8 Å². The maximum Gasteiger partial charge on any atom is 0.208 e. The van der Waals surface area contributed by atoms with E-state index in [4.69, 9.17) is 15.7 Å². The summed E-state index contributed by atoms with van der Waals surface area (Å²) < 4.78 is 30.1. The molecular formula is C44H53F2N9. The lowest BCUT2D eigenvalue weighted by Gasteiger charge is -2.40. The molecule has 2 bridgehead atoms. The summed E-state index contributed by atoms with van der Waals surface area (Å²) in [6.07, 6.45) is 6.51. The zero-order chi connectivity index (χ0) is 38.8.